The highest BCUT2D eigenvalue weighted by molar-refractivity contribution is 9.09. The molecule has 0 rings (SSSR count). The van der Waals surface area contributed by atoms with Gasteiger partial charge in [0.25, 0.3) is 0 Å². The van der Waals surface area contributed by atoms with Gasteiger partial charge in [-0.25, -0.2) is 0 Å². The van der Waals surface area contributed by atoms with Crippen molar-refractivity contribution in [2.45, 2.75) is 69.7 Å². The van der Waals surface area contributed by atoms with Crippen molar-refractivity contribution in [3.05, 3.63) is 0 Å². The van der Waals surface area contributed by atoms with Crippen LogP contribution in [0, 0.1) is 0 Å². The standard InChI is InChI=1S/C13H28BrN/c1-4-5-6-7-8-9-10-11-12-13(14)15(2)3/h13H,4-12H2,1-3H3. The second-order valence-corrected chi connectivity index (χ2v) is 5.72. The van der Waals surface area contributed by atoms with Gasteiger partial charge in [-0.05, 0) is 20.5 Å². The van der Waals surface area contributed by atoms with Crippen LogP contribution in [0.4, 0.5) is 0 Å². The summed E-state index contributed by atoms with van der Waals surface area (Å²) in [6.45, 7) is 2.28. The van der Waals surface area contributed by atoms with E-state index in [2.05, 4.69) is 41.8 Å². The third-order valence-electron chi connectivity index (χ3n) is 2.86. The highest BCUT2D eigenvalue weighted by Crippen LogP contribution is 2.14. The van der Waals surface area contributed by atoms with Gasteiger partial charge in [-0.2, -0.15) is 0 Å². The average Bonchev–Trinajstić information content (AvgIpc) is 2.21. The summed E-state index contributed by atoms with van der Waals surface area (Å²) in [5, 5.41) is 0. The molecule has 2 heteroatoms. The molecule has 0 saturated heterocycles. The van der Waals surface area contributed by atoms with Gasteiger partial charge in [0.2, 0.25) is 0 Å². The molecule has 0 aliphatic carbocycles. The van der Waals surface area contributed by atoms with Gasteiger partial charge in [0.05, 0.1) is 4.95 Å². The predicted molar refractivity (Wildman–Crippen MR) is 73.6 cm³/mol. The van der Waals surface area contributed by atoms with Crippen LogP contribution in [0.5, 0.6) is 0 Å². The lowest BCUT2D eigenvalue weighted by Gasteiger charge is -2.17. The predicted octanol–water partition coefficient (Wildman–Crippen LogP) is 4.80. The number of unbranched alkanes of at least 4 members (excludes halogenated alkanes) is 7. The van der Waals surface area contributed by atoms with E-state index in [0.29, 0.717) is 4.95 Å². The van der Waals surface area contributed by atoms with E-state index in [1.165, 1.54) is 57.8 Å². The van der Waals surface area contributed by atoms with Crippen molar-refractivity contribution >= 4 is 15.9 Å². The van der Waals surface area contributed by atoms with Crippen LogP contribution in [0.15, 0.2) is 0 Å². The van der Waals surface area contributed by atoms with Gasteiger partial charge >= 0.3 is 0 Å². The van der Waals surface area contributed by atoms with Crippen molar-refractivity contribution in [1.29, 1.82) is 0 Å². The molecule has 0 radical (unpaired) electrons. The smallest absolute Gasteiger partial charge is 0.0650 e. The van der Waals surface area contributed by atoms with Crippen LogP contribution in [0.1, 0.15) is 64.7 Å². The summed E-state index contributed by atoms with van der Waals surface area (Å²) < 4.78 is 0. The lowest BCUT2D eigenvalue weighted by Crippen LogP contribution is -2.21. The molecule has 0 amide bonds. The maximum atomic E-state index is 3.67. The SMILES string of the molecule is CCCCCCCCCCC(Br)N(C)C. The maximum Gasteiger partial charge on any atom is 0.0650 e. The molecule has 1 nitrogen and oxygen atoms in total. The van der Waals surface area contributed by atoms with Crippen LogP contribution >= 0.6 is 15.9 Å². The average molecular weight is 278 g/mol. The largest absolute Gasteiger partial charge is 0.297 e. The van der Waals surface area contributed by atoms with Gasteiger partial charge in [0.15, 0.2) is 0 Å². The van der Waals surface area contributed by atoms with E-state index in [1.54, 1.807) is 0 Å². The number of hydrogen-bond acceptors (Lipinski definition) is 1. The first-order valence-corrected chi connectivity index (χ1v) is 7.40. The number of rotatable bonds is 10. The zero-order valence-electron chi connectivity index (χ0n) is 10.8. The summed E-state index contributed by atoms with van der Waals surface area (Å²) in [5.74, 6) is 0. The summed E-state index contributed by atoms with van der Waals surface area (Å²) in [6.07, 6.45) is 12.6. The monoisotopic (exact) mass is 277 g/mol. The Bertz CT molecular complexity index is 126. The van der Waals surface area contributed by atoms with Crippen LogP contribution in [0.25, 0.3) is 0 Å². The van der Waals surface area contributed by atoms with Crippen LogP contribution in [0.3, 0.4) is 0 Å². The molecule has 0 aromatic rings. The van der Waals surface area contributed by atoms with Crippen LogP contribution in [-0.4, -0.2) is 23.9 Å². The minimum Gasteiger partial charge on any atom is -0.297 e. The normalized spacial score (nSPS) is 13.4. The summed E-state index contributed by atoms with van der Waals surface area (Å²) in [6, 6.07) is 0. The number of alkyl halides is 1. The van der Waals surface area contributed by atoms with Crippen LogP contribution in [-0.2, 0) is 0 Å². The molecule has 15 heavy (non-hydrogen) atoms. The fourth-order valence-electron chi connectivity index (χ4n) is 1.70. The molecule has 0 heterocycles. The molecule has 0 aromatic heterocycles. The first kappa shape index (κ1) is 15.4. The van der Waals surface area contributed by atoms with Gasteiger partial charge in [-0.3, -0.25) is 4.90 Å². The van der Waals surface area contributed by atoms with Gasteiger partial charge in [-0.1, -0.05) is 74.2 Å². The summed E-state index contributed by atoms with van der Waals surface area (Å²) in [7, 11) is 4.26. The van der Waals surface area contributed by atoms with E-state index in [9.17, 15) is 0 Å². The molecular weight excluding hydrogens is 250 g/mol. The van der Waals surface area contributed by atoms with E-state index < -0.39 is 0 Å². The van der Waals surface area contributed by atoms with E-state index in [4.69, 9.17) is 0 Å². The van der Waals surface area contributed by atoms with E-state index >= 15 is 0 Å². The Morgan fingerprint density at radius 2 is 1.33 bits per heavy atom. The Morgan fingerprint density at radius 3 is 1.80 bits per heavy atom. The van der Waals surface area contributed by atoms with Crippen molar-refractivity contribution in [1.82, 2.24) is 4.90 Å². The molecular formula is C13H28BrN. The van der Waals surface area contributed by atoms with Crippen LogP contribution in [0.2, 0.25) is 0 Å². The Kier molecular flexibility index (Phi) is 11.3. The second-order valence-electron chi connectivity index (χ2n) is 4.66. The molecule has 0 saturated carbocycles. The van der Waals surface area contributed by atoms with E-state index in [-0.39, 0.29) is 0 Å². The molecule has 0 fully saturated rings. The fraction of sp³-hybridized carbons (Fsp3) is 1.00. The van der Waals surface area contributed by atoms with Crippen molar-refractivity contribution < 1.29 is 0 Å². The van der Waals surface area contributed by atoms with Crippen LogP contribution < -0.4 is 0 Å². The molecule has 0 bridgehead atoms. The lowest BCUT2D eigenvalue weighted by atomic mass is 10.1. The first-order valence-electron chi connectivity index (χ1n) is 6.49. The van der Waals surface area contributed by atoms with Gasteiger partial charge < -0.3 is 0 Å². The lowest BCUT2D eigenvalue weighted by molar-refractivity contribution is 0.363. The Labute approximate surface area is 105 Å². The Hall–Kier alpha value is 0.440. The third kappa shape index (κ3) is 10.7. The molecule has 0 N–H and O–H groups in total. The summed E-state index contributed by atoms with van der Waals surface area (Å²) in [5.41, 5.74) is 0. The van der Waals surface area contributed by atoms with E-state index in [1.807, 2.05) is 0 Å². The van der Waals surface area contributed by atoms with Crippen molar-refractivity contribution in [3.8, 4) is 0 Å². The Balaban J connectivity index is 3.05. The summed E-state index contributed by atoms with van der Waals surface area (Å²) >= 11 is 3.67. The Morgan fingerprint density at radius 1 is 0.867 bits per heavy atom. The van der Waals surface area contributed by atoms with Gasteiger partial charge in [-0.15, -0.1) is 0 Å². The molecule has 0 aliphatic rings. The minimum absolute atomic E-state index is 0.567. The fourth-order valence-corrected chi connectivity index (χ4v) is 2.03. The highest BCUT2D eigenvalue weighted by Gasteiger charge is 2.04. The number of hydrogen-bond donors (Lipinski definition) is 0. The minimum atomic E-state index is 0.567. The topological polar surface area (TPSA) is 3.24 Å². The zero-order chi connectivity index (χ0) is 11.5. The van der Waals surface area contributed by atoms with Crippen molar-refractivity contribution in [2.24, 2.45) is 0 Å². The second kappa shape index (κ2) is 10.9. The number of halogens is 1. The van der Waals surface area contributed by atoms with Gasteiger partial charge in [0, 0.05) is 0 Å². The molecule has 92 valence electrons. The first-order chi connectivity index (χ1) is 7.18. The highest BCUT2D eigenvalue weighted by atomic mass is 79.9. The zero-order valence-corrected chi connectivity index (χ0v) is 12.4. The molecule has 0 aliphatic heterocycles. The van der Waals surface area contributed by atoms with Crippen molar-refractivity contribution in [3.63, 3.8) is 0 Å². The molecule has 0 spiro atoms. The quantitative estimate of drug-likeness (QED) is 0.315. The maximum absolute atomic E-state index is 3.67. The molecule has 1 atom stereocenters. The molecule has 0 aromatic carbocycles. The number of nitrogens with zero attached hydrogens (tertiary/aromatic N) is 1. The summed E-state index contributed by atoms with van der Waals surface area (Å²) in [4.78, 5) is 2.80. The third-order valence-corrected chi connectivity index (χ3v) is 4.13. The van der Waals surface area contributed by atoms with Crippen molar-refractivity contribution in [2.75, 3.05) is 14.1 Å². The molecule has 1 unspecified atom stereocenters. The van der Waals surface area contributed by atoms with E-state index in [0.717, 1.165) is 0 Å². The van der Waals surface area contributed by atoms with Gasteiger partial charge in [0.1, 0.15) is 0 Å².